The molecule has 2 atom stereocenters. The Balaban J connectivity index is 0.000000321. The quantitative estimate of drug-likeness (QED) is 0.822. The first kappa shape index (κ1) is 21.2. The fourth-order valence-electron chi connectivity index (χ4n) is 4.12. The molecule has 152 valence electrons. The number of carboxylic acid groups (broad SMARTS) is 1. The Morgan fingerprint density at radius 3 is 2.59 bits per heavy atom. The van der Waals surface area contributed by atoms with E-state index >= 15 is 0 Å². The molecule has 2 heterocycles. The summed E-state index contributed by atoms with van der Waals surface area (Å²) in [4.78, 5) is 23.5. The molecule has 0 aromatic carbocycles. The van der Waals surface area contributed by atoms with E-state index in [-0.39, 0.29) is 17.2 Å². The fraction of sp³-hybridized carbons (Fsp3) is 0.706. The van der Waals surface area contributed by atoms with Crippen LogP contribution in [-0.2, 0) is 23.2 Å². The maximum Gasteiger partial charge on any atom is 0.490 e. The number of aromatic nitrogens is 2. The molecule has 1 saturated carbocycles. The zero-order valence-electron chi connectivity index (χ0n) is 15.4. The lowest BCUT2D eigenvalue weighted by Gasteiger charge is -2.30. The van der Waals surface area contributed by atoms with Crippen LogP contribution < -0.4 is 5.32 Å². The average Bonchev–Trinajstić information content (AvgIpc) is 3.30. The Hall–Kier alpha value is -2.10. The Morgan fingerprint density at radius 2 is 2.07 bits per heavy atom. The van der Waals surface area contributed by atoms with Gasteiger partial charge < -0.3 is 10.4 Å². The number of amides is 1. The minimum absolute atomic E-state index is 0.212. The van der Waals surface area contributed by atoms with Gasteiger partial charge in [-0.15, -0.1) is 0 Å². The van der Waals surface area contributed by atoms with Gasteiger partial charge in [0.25, 0.3) is 0 Å². The number of likely N-dealkylation sites (tertiary alicyclic amines) is 1. The van der Waals surface area contributed by atoms with Crippen molar-refractivity contribution >= 4 is 11.9 Å². The average molecular weight is 390 g/mol. The monoisotopic (exact) mass is 390 g/mol. The predicted molar refractivity (Wildman–Crippen MR) is 90.6 cm³/mol. The number of aryl methyl sites for hydroxylation is 1. The van der Waals surface area contributed by atoms with Gasteiger partial charge in [-0.1, -0.05) is 6.42 Å². The van der Waals surface area contributed by atoms with Crippen LogP contribution in [0.3, 0.4) is 0 Å². The van der Waals surface area contributed by atoms with Crippen molar-refractivity contribution in [2.75, 3.05) is 20.1 Å². The second-order valence-corrected chi connectivity index (χ2v) is 7.13. The van der Waals surface area contributed by atoms with E-state index in [0.717, 1.165) is 32.5 Å². The third-order valence-corrected chi connectivity index (χ3v) is 5.48. The van der Waals surface area contributed by atoms with Crippen molar-refractivity contribution in [2.45, 2.75) is 38.4 Å². The maximum atomic E-state index is 12.1. The number of carbonyl (C=O) groups excluding carboxylic acids is 1. The van der Waals surface area contributed by atoms with E-state index in [1.54, 1.807) is 7.05 Å². The lowest BCUT2D eigenvalue weighted by atomic mass is 9.76. The second-order valence-electron chi connectivity index (χ2n) is 7.13. The van der Waals surface area contributed by atoms with E-state index in [2.05, 4.69) is 21.4 Å². The van der Waals surface area contributed by atoms with Crippen LogP contribution in [0.4, 0.5) is 13.2 Å². The minimum Gasteiger partial charge on any atom is -0.475 e. The highest BCUT2D eigenvalue weighted by Crippen LogP contribution is 2.50. The van der Waals surface area contributed by atoms with Gasteiger partial charge in [-0.2, -0.15) is 18.3 Å². The van der Waals surface area contributed by atoms with Crippen LogP contribution in [0.25, 0.3) is 0 Å². The number of carbonyl (C=O) groups is 2. The fourth-order valence-corrected chi connectivity index (χ4v) is 4.12. The standard InChI is InChI=1S/C15H24N4O.C2HF3O2/c1-16-14(20)13-4-3-6-15(13)7-9-19(11-15)10-12-5-8-17-18(12)2;3-2(4,5)1(6)7/h5,8,13H,3-4,6-7,9-11H2,1-2H3,(H,16,20);(H,6,7)/t13-,15-;/m1./s1. The summed E-state index contributed by atoms with van der Waals surface area (Å²) in [7, 11) is 3.75. The molecule has 3 rings (SSSR count). The van der Waals surface area contributed by atoms with Gasteiger partial charge in [0.05, 0.1) is 5.69 Å². The highest BCUT2D eigenvalue weighted by atomic mass is 19.4. The van der Waals surface area contributed by atoms with Crippen LogP contribution in [-0.4, -0.2) is 58.0 Å². The Morgan fingerprint density at radius 1 is 1.41 bits per heavy atom. The van der Waals surface area contributed by atoms with E-state index < -0.39 is 12.1 Å². The summed E-state index contributed by atoms with van der Waals surface area (Å²) < 4.78 is 33.7. The molecule has 7 nitrogen and oxygen atoms in total. The first-order valence-electron chi connectivity index (χ1n) is 8.80. The van der Waals surface area contributed by atoms with Crippen LogP contribution in [0.5, 0.6) is 0 Å². The first-order chi connectivity index (χ1) is 12.6. The van der Waals surface area contributed by atoms with E-state index in [4.69, 9.17) is 9.90 Å². The lowest BCUT2D eigenvalue weighted by molar-refractivity contribution is -0.192. The molecule has 0 unspecified atom stereocenters. The molecule has 1 aromatic heterocycles. The van der Waals surface area contributed by atoms with Crippen molar-refractivity contribution in [3.8, 4) is 0 Å². The van der Waals surface area contributed by atoms with Crippen molar-refractivity contribution in [3.63, 3.8) is 0 Å². The molecule has 2 N–H and O–H groups in total. The second kappa shape index (κ2) is 8.28. The number of rotatable bonds is 3. The van der Waals surface area contributed by atoms with Gasteiger partial charge in [0.15, 0.2) is 0 Å². The summed E-state index contributed by atoms with van der Waals surface area (Å²) in [6.07, 6.45) is 1.37. The topological polar surface area (TPSA) is 87.5 Å². The number of nitrogens with zero attached hydrogens (tertiary/aromatic N) is 3. The van der Waals surface area contributed by atoms with Crippen LogP contribution in [0.15, 0.2) is 12.3 Å². The van der Waals surface area contributed by atoms with Gasteiger partial charge in [0.2, 0.25) is 5.91 Å². The third kappa shape index (κ3) is 5.00. The normalized spacial score (nSPS) is 25.3. The summed E-state index contributed by atoms with van der Waals surface area (Å²) in [5, 5.41) is 14.2. The summed E-state index contributed by atoms with van der Waals surface area (Å²) in [6.45, 7) is 3.09. The molecular weight excluding hydrogens is 365 g/mol. The van der Waals surface area contributed by atoms with Crippen LogP contribution in [0.1, 0.15) is 31.4 Å². The Kier molecular flexibility index (Phi) is 6.50. The summed E-state index contributed by atoms with van der Waals surface area (Å²) in [5.41, 5.74) is 1.47. The number of aliphatic carboxylic acids is 1. The number of hydrogen-bond acceptors (Lipinski definition) is 4. The van der Waals surface area contributed by atoms with E-state index in [9.17, 15) is 18.0 Å². The van der Waals surface area contributed by atoms with Crippen molar-refractivity contribution < 1.29 is 27.9 Å². The number of alkyl halides is 3. The van der Waals surface area contributed by atoms with Crippen LogP contribution >= 0.6 is 0 Å². The Labute approximate surface area is 155 Å². The highest BCUT2D eigenvalue weighted by Gasteiger charge is 2.50. The molecule has 0 bridgehead atoms. The molecule has 0 radical (unpaired) electrons. The maximum absolute atomic E-state index is 12.1. The molecule has 1 aliphatic heterocycles. The molecular formula is C17H25F3N4O3. The third-order valence-electron chi connectivity index (χ3n) is 5.48. The zero-order chi connectivity index (χ0) is 20.2. The minimum atomic E-state index is -5.08. The SMILES string of the molecule is CNC(=O)[C@H]1CCC[C@]12CCN(Cc1ccnn1C)C2.O=C(O)C(F)(F)F. The molecule has 2 fully saturated rings. The summed E-state index contributed by atoms with van der Waals surface area (Å²) in [5.74, 6) is -2.30. The van der Waals surface area contributed by atoms with Crippen molar-refractivity contribution in [1.82, 2.24) is 20.0 Å². The molecule has 27 heavy (non-hydrogen) atoms. The van der Waals surface area contributed by atoms with Crippen molar-refractivity contribution in [3.05, 3.63) is 18.0 Å². The largest absolute Gasteiger partial charge is 0.490 e. The predicted octanol–water partition coefficient (Wildman–Crippen LogP) is 1.79. The molecule has 2 aliphatic rings. The summed E-state index contributed by atoms with van der Waals surface area (Å²) >= 11 is 0. The smallest absolute Gasteiger partial charge is 0.475 e. The van der Waals surface area contributed by atoms with E-state index in [1.165, 1.54) is 18.5 Å². The number of hydrogen-bond donors (Lipinski definition) is 2. The van der Waals surface area contributed by atoms with Crippen molar-refractivity contribution in [2.24, 2.45) is 18.4 Å². The van der Waals surface area contributed by atoms with Gasteiger partial charge >= 0.3 is 12.1 Å². The van der Waals surface area contributed by atoms with Gasteiger partial charge in [-0.25, -0.2) is 4.79 Å². The molecule has 10 heteroatoms. The molecule has 1 amide bonds. The molecule has 1 spiro atoms. The number of nitrogens with one attached hydrogen (secondary N) is 1. The number of carboxylic acids is 1. The van der Waals surface area contributed by atoms with E-state index in [1.807, 2.05) is 17.9 Å². The van der Waals surface area contributed by atoms with Gasteiger partial charge in [0.1, 0.15) is 0 Å². The molecule has 1 aliphatic carbocycles. The summed E-state index contributed by atoms with van der Waals surface area (Å²) in [6, 6.07) is 2.08. The van der Waals surface area contributed by atoms with Gasteiger partial charge in [0, 0.05) is 39.3 Å². The number of halogens is 3. The molecule has 1 aromatic rings. The Bertz CT molecular complexity index is 677. The van der Waals surface area contributed by atoms with Gasteiger partial charge in [-0.3, -0.25) is 14.4 Å². The first-order valence-corrected chi connectivity index (χ1v) is 8.80. The molecule has 1 saturated heterocycles. The van der Waals surface area contributed by atoms with Crippen molar-refractivity contribution in [1.29, 1.82) is 0 Å². The zero-order valence-corrected chi connectivity index (χ0v) is 15.4. The van der Waals surface area contributed by atoms with Gasteiger partial charge in [-0.05, 0) is 37.3 Å². The lowest BCUT2D eigenvalue weighted by Crippen LogP contribution is -2.39. The highest BCUT2D eigenvalue weighted by molar-refractivity contribution is 5.79. The van der Waals surface area contributed by atoms with Crippen LogP contribution in [0, 0.1) is 11.3 Å². The van der Waals surface area contributed by atoms with Crippen LogP contribution in [0.2, 0.25) is 0 Å². The van der Waals surface area contributed by atoms with E-state index in [0.29, 0.717) is 0 Å².